The number of aromatic nitrogens is 2. The van der Waals surface area contributed by atoms with E-state index in [2.05, 4.69) is 15.6 Å². The maximum Gasteiger partial charge on any atom is 0.356 e. The number of imidazole rings is 1. The predicted octanol–water partition coefficient (Wildman–Crippen LogP) is -1.07. The van der Waals surface area contributed by atoms with Crippen molar-refractivity contribution in [3.63, 3.8) is 0 Å². The molecule has 0 radical (unpaired) electrons. The van der Waals surface area contributed by atoms with Gasteiger partial charge >= 0.3 is 12.0 Å². The number of carbonyl (C=O) groups excluding carboxylic acids is 1. The fraction of sp³-hybridized carbons (Fsp3) is 0.500. The molecule has 0 aliphatic carbocycles. The molecule has 1 aromatic rings. The van der Waals surface area contributed by atoms with Crippen LogP contribution in [0.25, 0.3) is 0 Å². The third-order valence-corrected chi connectivity index (χ3v) is 3.21. The Hall–Kier alpha value is -2.10. The van der Waals surface area contributed by atoms with E-state index in [9.17, 15) is 18.0 Å². The lowest BCUT2D eigenvalue weighted by molar-refractivity contribution is 0.0691. The minimum atomic E-state index is -3.10. The van der Waals surface area contributed by atoms with Crippen LogP contribution in [0.1, 0.15) is 10.5 Å². The van der Waals surface area contributed by atoms with Gasteiger partial charge in [-0.2, -0.15) is 0 Å². The molecule has 0 aromatic carbocycles. The molecular weight excluding hydrogens is 288 g/mol. The van der Waals surface area contributed by atoms with Crippen LogP contribution in [0.3, 0.4) is 0 Å². The van der Waals surface area contributed by atoms with Gasteiger partial charge in [-0.25, -0.2) is 23.0 Å². The Morgan fingerprint density at radius 1 is 1.35 bits per heavy atom. The van der Waals surface area contributed by atoms with Gasteiger partial charge in [0.25, 0.3) is 0 Å². The molecule has 1 aromatic heterocycles. The lowest BCUT2D eigenvalue weighted by Gasteiger charge is -2.07. The number of carboxylic acid groups (broad SMARTS) is 1. The molecule has 0 aliphatic rings. The number of aromatic carboxylic acids is 1. The molecule has 2 amide bonds. The number of carboxylic acids is 1. The molecule has 1 heterocycles. The first kappa shape index (κ1) is 16.0. The van der Waals surface area contributed by atoms with Crippen LogP contribution >= 0.6 is 0 Å². The molecule has 0 aliphatic heterocycles. The molecule has 0 saturated heterocycles. The van der Waals surface area contributed by atoms with Gasteiger partial charge in [-0.3, -0.25) is 0 Å². The second-order valence-corrected chi connectivity index (χ2v) is 6.37. The Kier molecular flexibility index (Phi) is 5.50. The molecule has 0 unspecified atom stereocenters. The first-order chi connectivity index (χ1) is 9.28. The number of amides is 2. The third-order valence-electron chi connectivity index (χ3n) is 2.27. The molecule has 0 fully saturated rings. The first-order valence-electron chi connectivity index (χ1n) is 5.72. The van der Waals surface area contributed by atoms with E-state index in [-0.39, 0.29) is 24.5 Å². The van der Waals surface area contributed by atoms with E-state index in [0.717, 1.165) is 6.26 Å². The summed E-state index contributed by atoms with van der Waals surface area (Å²) in [6.45, 7) is 0.665. The van der Waals surface area contributed by atoms with Crippen LogP contribution in [0.15, 0.2) is 12.5 Å². The van der Waals surface area contributed by atoms with E-state index in [4.69, 9.17) is 5.11 Å². The molecule has 9 nitrogen and oxygen atoms in total. The number of sulfone groups is 1. The second kappa shape index (κ2) is 6.89. The van der Waals surface area contributed by atoms with Gasteiger partial charge in [-0.05, 0) is 0 Å². The number of nitrogens with zero attached hydrogens (tertiary/aromatic N) is 2. The Morgan fingerprint density at radius 3 is 2.55 bits per heavy atom. The van der Waals surface area contributed by atoms with Gasteiger partial charge in [-0.15, -0.1) is 0 Å². The van der Waals surface area contributed by atoms with Crippen LogP contribution in [0.2, 0.25) is 0 Å². The summed E-state index contributed by atoms with van der Waals surface area (Å²) in [6, 6.07) is -0.479. The molecule has 10 heteroatoms. The monoisotopic (exact) mass is 304 g/mol. The summed E-state index contributed by atoms with van der Waals surface area (Å²) in [7, 11) is -3.10. The van der Waals surface area contributed by atoms with Crippen LogP contribution in [0, 0.1) is 0 Å². The zero-order valence-corrected chi connectivity index (χ0v) is 11.7. The maximum absolute atomic E-state index is 11.3. The van der Waals surface area contributed by atoms with Crippen LogP contribution in [0.5, 0.6) is 0 Å². The van der Waals surface area contributed by atoms with Gasteiger partial charge in [0.15, 0.2) is 5.69 Å². The van der Waals surface area contributed by atoms with E-state index in [1.807, 2.05) is 0 Å². The minimum Gasteiger partial charge on any atom is -0.476 e. The standard InChI is InChI=1S/C10H16N4O5S/c1-20(18,19)5-3-12-10(17)11-2-4-14-6-8(9(15)16)13-7-14/h6-7H,2-5H2,1H3,(H,15,16)(H2,11,12,17). The Bertz CT molecular complexity index is 580. The quantitative estimate of drug-likeness (QED) is 0.587. The summed E-state index contributed by atoms with van der Waals surface area (Å²) in [5, 5.41) is 13.6. The highest BCUT2D eigenvalue weighted by Crippen LogP contribution is 1.95. The minimum absolute atomic E-state index is 0.0406. The average Bonchev–Trinajstić information content (AvgIpc) is 2.76. The van der Waals surface area contributed by atoms with Gasteiger partial charge < -0.3 is 20.3 Å². The zero-order valence-electron chi connectivity index (χ0n) is 10.9. The normalized spacial score (nSPS) is 11.1. The van der Waals surface area contributed by atoms with Crippen molar-refractivity contribution >= 4 is 21.8 Å². The summed E-state index contributed by atoms with van der Waals surface area (Å²) < 4.78 is 23.2. The first-order valence-corrected chi connectivity index (χ1v) is 7.78. The van der Waals surface area contributed by atoms with Crippen molar-refractivity contribution in [2.75, 3.05) is 25.1 Å². The van der Waals surface area contributed by atoms with E-state index in [1.165, 1.54) is 17.1 Å². The van der Waals surface area contributed by atoms with Crippen molar-refractivity contribution in [3.05, 3.63) is 18.2 Å². The smallest absolute Gasteiger partial charge is 0.356 e. The number of urea groups is 1. The summed E-state index contributed by atoms with van der Waals surface area (Å²) in [5.41, 5.74) is -0.0670. The highest BCUT2D eigenvalue weighted by Gasteiger charge is 2.07. The molecular formula is C10H16N4O5S. The summed E-state index contributed by atoms with van der Waals surface area (Å²) in [6.07, 6.45) is 3.80. The molecule has 0 saturated carbocycles. The highest BCUT2D eigenvalue weighted by atomic mass is 32.2. The Morgan fingerprint density at radius 2 is 2.00 bits per heavy atom. The van der Waals surface area contributed by atoms with E-state index in [1.54, 1.807) is 0 Å². The number of hydrogen-bond donors (Lipinski definition) is 3. The Labute approximate surface area is 115 Å². The van der Waals surface area contributed by atoms with Gasteiger partial charge in [0, 0.05) is 32.1 Å². The molecule has 112 valence electrons. The number of rotatable bonds is 7. The maximum atomic E-state index is 11.3. The molecule has 3 N–H and O–H groups in total. The fourth-order valence-electron chi connectivity index (χ4n) is 1.30. The van der Waals surface area contributed by atoms with Gasteiger partial charge in [-0.1, -0.05) is 0 Å². The van der Waals surface area contributed by atoms with Gasteiger partial charge in [0.05, 0.1) is 12.1 Å². The van der Waals surface area contributed by atoms with Gasteiger partial charge in [0.1, 0.15) is 9.84 Å². The van der Waals surface area contributed by atoms with Crippen molar-refractivity contribution in [2.24, 2.45) is 0 Å². The number of nitrogens with one attached hydrogen (secondary N) is 2. The van der Waals surface area contributed by atoms with Crippen molar-refractivity contribution in [2.45, 2.75) is 6.54 Å². The zero-order chi connectivity index (χ0) is 15.2. The number of hydrogen-bond acceptors (Lipinski definition) is 5. The van der Waals surface area contributed by atoms with Crippen molar-refractivity contribution in [1.82, 2.24) is 20.2 Å². The molecule has 0 spiro atoms. The molecule has 20 heavy (non-hydrogen) atoms. The third kappa shape index (κ3) is 6.18. The topological polar surface area (TPSA) is 130 Å². The predicted molar refractivity (Wildman–Crippen MR) is 70.3 cm³/mol. The fourth-order valence-corrected chi connectivity index (χ4v) is 1.78. The molecule has 0 atom stereocenters. The SMILES string of the molecule is CS(=O)(=O)CCNC(=O)NCCn1cnc(C(=O)O)c1. The summed E-state index contributed by atoms with van der Waals surface area (Å²) in [4.78, 5) is 25.5. The second-order valence-electron chi connectivity index (χ2n) is 4.11. The lowest BCUT2D eigenvalue weighted by atomic mass is 10.5. The number of carbonyl (C=O) groups is 2. The van der Waals surface area contributed by atoms with E-state index >= 15 is 0 Å². The van der Waals surface area contributed by atoms with E-state index < -0.39 is 21.8 Å². The van der Waals surface area contributed by atoms with Crippen LogP contribution in [0.4, 0.5) is 4.79 Å². The summed E-state index contributed by atoms with van der Waals surface area (Å²) >= 11 is 0. The highest BCUT2D eigenvalue weighted by molar-refractivity contribution is 7.90. The largest absolute Gasteiger partial charge is 0.476 e. The van der Waals surface area contributed by atoms with Crippen molar-refractivity contribution in [1.29, 1.82) is 0 Å². The summed E-state index contributed by atoms with van der Waals surface area (Å²) in [5.74, 6) is -1.24. The Balaban J connectivity index is 2.23. The van der Waals surface area contributed by atoms with Crippen molar-refractivity contribution in [3.8, 4) is 0 Å². The van der Waals surface area contributed by atoms with Crippen LogP contribution in [-0.4, -0.2) is 60.2 Å². The van der Waals surface area contributed by atoms with Gasteiger partial charge in [0.2, 0.25) is 0 Å². The lowest BCUT2D eigenvalue weighted by Crippen LogP contribution is -2.39. The van der Waals surface area contributed by atoms with Crippen LogP contribution in [-0.2, 0) is 16.4 Å². The average molecular weight is 304 g/mol. The molecule has 0 bridgehead atoms. The van der Waals surface area contributed by atoms with E-state index in [0.29, 0.717) is 6.54 Å². The van der Waals surface area contributed by atoms with Crippen molar-refractivity contribution < 1.29 is 23.1 Å². The molecule has 1 rings (SSSR count). The van der Waals surface area contributed by atoms with Crippen LogP contribution < -0.4 is 10.6 Å².